The molecule has 0 heterocycles. The Hall–Kier alpha value is 0.520. The summed E-state index contributed by atoms with van der Waals surface area (Å²) in [7, 11) is 3.57. The quantitative estimate of drug-likeness (QED) is 0.139. The summed E-state index contributed by atoms with van der Waals surface area (Å²) in [5.41, 5.74) is 0. The predicted octanol–water partition coefficient (Wildman–Crippen LogP) is 7.62. The Morgan fingerprint density at radius 3 is 1.88 bits per heavy atom. The lowest BCUT2D eigenvalue weighted by Crippen LogP contribution is -2.39. The number of carbonyl (C=O) groups is 1. The maximum atomic E-state index is 11.4. The first-order valence-electron chi connectivity index (χ1n) is 10.2. The van der Waals surface area contributed by atoms with Crippen molar-refractivity contribution in [2.75, 3.05) is 5.75 Å². The van der Waals surface area contributed by atoms with Gasteiger partial charge in [-0.25, -0.2) is 0 Å². The standard InChI is InChI=1S/C20H40O2S3/c1-4-6-8-9-10-11-12-13-14-15-17-24-25-18(16-7-5-2)20(3,23)19(21)22/h18,23H,4-17H2,1-3H3,(H,21,22). The van der Waals surface area contributed by atoms with Crippen LogP contribution >= 0.6 is 34.2 Å². The number of unbranched alkanes of at least 4 members (excludes halogenated alkanes) is 10. The minimum atomic E-state index is -0.940. The highest BCUT2D eigenvalue weighted by atomic mass is 33.1. The van der Waals surface area contributed by atoms with E-state index in [1.807, 2.05) is 10.8 Å². The number of hydrogen-bond donors (Lipinski definition) is 2. The molecule has 0 fully saturated rings. The zero-order valence-corrected chi connectivity index (χ0v) is 19.1. The highest BCUT2D eigenvalue weighted by Gasteiger charge is 2.38. The van der Waals surface area contributed by atoms with Gasteiger partial charge in [-0.3, -0.25) is 4.79 Å². The Kier molecular flexibility index (Phi) is 17.0. The SMILES string of the molecule is CCCCCCCCCCCCSSC(CCCC)C(C)(S)C(=O)O. The van der Waals surface area contributed by atoms with E-state index in [-0.39, 0.29) is 5.25 Å². The van der Waals surface area contributed by atoms with E-state index in [1.54, 1.807) is 17.7 Å². The van der Waals surface area contributed by atoms with Crippen molar-refractivity contribution in [1.82, 2.24) is 0 Å². The molecule has 25 heavy (non-hydrogen) atoms. The summed E-state index contributed by atoms with van der Waals surface area (Å²) in [6, 6.07) is 0. The maximum absolute atomic E-state index is 11.4. The van der Waals surface area contributed by atoms with Gasteiger partial charge in [-0.1, -0.05) is 106 Å². The molecule has 0 aromatic heterocycles. The second-order valence-electron chi connectivity index (χ2n) is 7.18. The normalized spacial score (nSPS) is 15.0. The zero-order chi connectivity index (χ0) is 19.0. The van der Waals surface area contributed by atoms with E-state index >= 15 is 0 Å². The van der Waals surface area contributed by atoms with Gasteiger partial charge >= 0.3 is 5.97 Å². The molecule has 2 nitrogen and oxygen atoms in total. The van der Waals surface area contributed by atoms with Crippen molar-refractivity contribution in [3.05, 3.63) is 0 Å². The van der Waals surface area contributed by atoms with E-state index in [0.29, 0.717) is 0 Å². The fourth-order valence-electron chi connectivity index (χ4n) is 2.73. The molecule has 0 aliphatic carbocycles. The minimum absolute atomic E-state index is 0.0707. The average Bonchev–Trinajstić information content (AvgIpc) is 2.58. The van der Waals surface area contributed by atoms with Crippen molar-refractivity contribution < 1.29 is 9.90 Å². The van der Waals surface area contributed by atoms with Gasteiger partial charge < -0.3 is 5.11 Å². The van der Waals surface area contributed by atoms with Crippen LogP contribution in [0.15, 0.2) is 0 Å². The average molecular weight is 409 g/mol. The first kappa shape index (κ1) is 25.5. The minimum Gasteiger partial charge on any atom is -0.480 e. The number of carboxylic acid groups (broad SMARTS) is 1. The van der Waals surface area contributed by atoms with E-state index in [1.165, 1.54) is 64.2 Å². The molecule has 0 bridgehead atoms. The van der Waals surface area contributed by atoms with Gasteiger partial charge in [0.1, 0.15) is 4.75 Å². The fourth-order valence-corrected chi connectivity index (χ4v) is 6.36. The van der Waals surface area contributed by atoms with Gasteiger partial charge in [0.15, 0.2) is 0 Å². The van der Waals surface area contributed by atoms with Crippen LogP contribution in [-0.2, 0) is 4.79 Å². The lowest BCUT2D eigenvalue weighted by molar-refractivity contribution is -0.139. The highest BCUT2D eigenvalue weighted by Crippen LogP contribution is 2.40. The van der Waals surface area contributed by atoms with E-state index in [9.17, 15) is 9.90 Å². The largest absolute Gasteiger partial charge is 0.480 e. The van der Waals surface area contributed by atoms with Crippen molar-refractivity contribution in [3.8, 4) is 0 Å². The lowest BCUT2D eigenvalue weighted by atomic mass is 10.0. The smallest absolute Gasteiger partial charge is 0.320 e. The van der Waals surface area contributed by atoms with E-state index in [4.69, 9.17) is 0 Å². The van der Waals surface area contributed by atoms with E-state index in [2.05, 4.69) is 26.5 Å². The summed E-state index contributed by atoms with van der Waals surface area (Å²) in [5.74, 6) is 0.316. The van der Waals surface area contributed by atoms with Crippen LogP contribution < -0.4 is 0 Å². The van der Waals surface area contributed by atoms with E-state index in [0.717, 1.165) is 25.0 Å². The first-order chi connectivity index (χ1) is 12.0. The van der Waals surface area contributed by atoms with Crippen LogP contribution in [-0.4, -0.2) is 26.8 Å². The Morgan fingerprint density at radius 1 is 0.920 bits per heavy atom. The second-order valence-corrected chi connectivity index (χ2v) is 10.8. The Labute approximate surface area is 169 Å². The number of rotatable bonds is 18. The number of thiol groups is 1. The summed E-state index contributed by atoms with van der Waals surface area (Å²) in [4.78, 5) is 11.4. The van der Waals surface area contributed by atoms with Crippen molar-refractivity contribution >= 4 is 40.2 Å². The summed E-state index contributed by atoms with van der Waals surface area (Å²) >= 11 is 4.43. The third kappa shape index (κ3) is 13.4. The van der Waals surface area contributed by atoms with Gasteiger partial charge in [0.25, 0.3) is 0 Å². The van der Waals surface area contributed by atoms with Crippen LogP contribution in [0.2, 0.25) is 0 Å². The van der Waals surface area contributed by atoms with Gasteiger partial charge in [-0.2, -0.15) is 12.6 Å². The summed E-state index contributed by atoms with van der Waals surface area (Å²) < 4.78 is -0.940. The van der Waals surface area contributed by atoms with Crippen LogP contribution in [0.25, 0.3) is 0 Å². The molecule has 2 atom stereocenters. The van der Waals surface area contributed by atoms with Crippen LogP contribution in [0, 0.1) is 0 Å². The third-order valence-corrected chi connectivity index (χ3v) is 8.46. The van der Waals surface area contributed by atoms with Gasteiger partial charge in [0.05, 0.1) is 0 Å². The molecule has 0 amide bonds. The fraction of sp³-hybridized carbons (Fsp3) is 0.950. The first-order valence-corrected chi connectivity index (χ1v) is 13.0. The molecule has 0 saturated heterocycles. The molecule has 0 spiro atoms. The van der Waals surface area contributed by atoms with Gasteiger partial charge in [-0.15, -0.1) is 0 Å². The molecule has 0 aromatic rings. The molecule has 0 aromatic carbocycles. The molecular formula is C20H40O2S3. The van der Waals surface area contributed by atoms with Gasteiger partial charge in [0, 0.05) is 11.0 Å². The highest BCUT2D eigenvalue weighted by molar-refractivity contribution is 8.77. The van der Waals surface area contributed by atoms with Crippen molar-refractivity contribution in [1.29, 1.82) is 0 Å². The third-order valence-electron chi connectivity index (χ3n) is 4.65. The molecule has 150 valence electrons. The summed E-state index contributed by atoms with van der Waals surface area (Å²) in [6.07, 6.45) is 16.7. The van der Waals surface area contributed by atoms with Gasteiger partial charge in [0.2, 0.25) is 0 Å². The molecule has 0 aliphatic heterocycles. The molecule has 0 radical (unpaired) electrons. The van der Waals surface area contributed by atoms with E-state index < -0.39 is 10.7 Å². The summed E-state index contributed by atoms with van der Waals surface area (Å²) in [6.45, 7) is 6.16. The number of carboxylic acids is 1. The molecule has 0 rings (SSSR count). The topological polar surface area (TPSA) is 37.3 Å². The molecule has 0 saturated carbocycles. The van der Waals surface area contributed by atoms with Crippen molar-refractivity contribution in [2.24, 2.45) is 0 Å². The predicted molar refractivity (Wildman–Crippen MR) is 120 cm³/mol. The van der Waals surface area contributed by atoms with Crippen LogP contribution in [0.5, 0.6) is 0 Å². The Bertz CT molecular complexity index is 322. The van der Waals surface area contributed by atoms with Crippen LogP contribution in [0.1, 0.15) is 104 Å². The van der Waals surface area contributed by atoms with Crippen molar-refractivity contribution in [2.45, 2.75) is 114 Å². The monoisotopic (exact) mass is 408 g/mol. The maximum Gasteiger partial charge on any atom is 0.320 e. The van der Waals surface area contributed by atoms with Crippen LogP contribution in [0.4, 0.5) is 0 Å². The molecule has 5 heteroatoms. The molecule has 0 aliphatic rings. The summed E-state index contributed by atoms with van der Waals surface area (Å²) in [5, 5.41) is 9.47. The van der Waals surface area contributed by atoms with Crippen LogP contribution in [0.3, 0.4) is 0 Å². The van der Waals surface area contributed by atoms with Crippen molar-refractivity contribution in [3.63, 3.8) is 0 Å². The number of aliphatic carboxylic acids is 1. The lowest BCUT2D eigenvalue weighted by Gasteiger charge is -2.28. The Morgan fingerprint density at radius 2 is 1.40 bits per heavy atom. The number of hydrogen-bond acceptors (Lipinski definition) is 4. The molecule has 1 N–H and O–H groups in total. The molecular weight excluding hydrogens is 368 g/mol. The van der Waals surface area contributed by atoms with Gasteiger partial charge in [-0.05, 0) is 19.8 Å². The molecule has 2 unspecified atom stereocenters. The Balaban J connectivity index is 3.70. The zero-order valence-electron chi connectivity index (χ0n) is 16.6. The second kappa shape index (κ2) is 16.7.